The van der Waals surface area contributed by atoms with E-state index < -0.39 is 17.4 Å². The van der Waals surface area contributed by atoms with E-state index in [9.17, 15) is 18.0 Å². The molecule has 5 heteroatoms. The van der Waals surface area contributed by atoms with Crippen molar-refractivity contribution >= 4 is 32.5 Å². The van der Waals surface area contributed by atoms with Crippen LogP contribution in [0.5, 0.6) is 0 Å². The Morgan fingerprint density at radius 1 is 0.543 bits per heavy atom. The zero-order valence-corrected chi connectivity index (χ0v) is 18.3. The summed E-state index contributed by atoms with van der Waals surface area (Å²) < 4.78 is 45.8. The van der Waals surface area contributed by atoms with Crippen LogP contribution in [-0.4, -0.2) is 0 Å². The van der Waals surface area contributed by atoms with Crippen molar-refractivity contribution in [1.82, 2.24) is 0 Å². The van der Waals surface area contributed by atoms with Gasteiger partial charge in [0.05, 0.1) is 10.9 Å². The lowest BCUT2D eigenvalue weighted by molar-refractivity contribution is -0.137. The van der Waals surface area contributed by atoms with Crippen molar-refractivity contribution in [2.75, 3.05) is 0 Å². The second-order valence-corrected chi connectivity index (χ2v) is 8.38. The minimum absolute atomic E-state index is 0.411. The first-order valence-electron chi connectivity index (χ1n) is 11.1. The van der Waals surface area contributed by atoms with Crippen molar-refractivity contribution in [2.45, 2.75) is 6.18 Å². The predicted molar refractivity (Wildman–Crippen MR) is 133 cm³/mol. The lowest BCUT2D eigenvalue weighted by Crippen LogP contribution is -2.04. The highest BCUT2D eigenvalue weighted by molar-refractivity contribution is 6.25. The smallest absolute Gasteiger partial charge is 0.416 e. The maximum absolute atomic E-state index is 13.3. The first-order valence-corrected chi connectivity index (χ1v) is 11.1. The summed E-state index contributed by atoms with van der Waals surface area (Å²) >= 11 is 0. The highest BCUT2D eigenvalue weighted by Gasteiger charge is 2.30. The second-order valence-electron chi connectivity index (χ2n) is 8.38. The van der Waals surface area contributed by atoms with Gasteiger partial charge in [-0.15, -0.1) is 0 Å². The van der Waals surface area contributed by atoms with Gasteiger partial charge < -0.3 is 4.42 Å². The Labute approximate surface area is 197 Å². The highest BCUT2D eigenvalue weighted by Crippen LogP contribution is 2.45. The van der Waals surface area contributed by atoms with Gasteiger partial charge >= 0.3 is 11.8 Å². The van der Waals surface area contributed by atoms with Crippen LogP contribution in [0.2, 0.25) is 0 Å². The fourth-order valence-corrected chi connectivity index (χ4v) is 4.82. The Kier molecular flexibility index (Phi) is 4.74. The summed E-state index contributed by atoms with van der Waals surface area (Å²) in [6, 6.07) is 29.6. The van der Waals surface area contributed by atoms with Crippen molar-refractivity contribution in [3.8, 4) is 22.3 Å². The minimum atomic E-state index is -4.43. The Bertz CT molecular complexity index is 1780. The van der Waals surface area contributed by atoms with Gasteiger partial charge in [-0.25, -0.2) is 4.79 Å². The van der Waals surface area contributed by atoms with Crippen molar-refractivity contribution in [3.63, 3.8) is 0 Å². The Hall–Kier alpha value is -4.38. The number of benzene rings is 5. The zero-order chi connectivity index (χ0) is 24.2. The molecule has 0 bridgehead atoms. The van der Waals surface area contributed by atoms with Crippen LogP contribution in [0.3, 0.4) is 0 Å². The third-order valence-corrected chi connectivity index (χ3v) is 6.34. The van der Waals surface area contributed by atoms with Gasteiger partial charge in [0.2, 0.25) is 0 Å². The normalized spacial score (nSPS) is 12.0. The summed E-state index contributed by atoms with van der Waals surface area (Å²) in [7, 11) is 0. The molecule has 0 atom stereocenters. The van der Waals surface area contributed by atoms with Crippen LogP contribution in [0.4, 0.5) is 13.2 Å². The van der Waals surface area contributed by atoms with E-state index in [0.29, 0.717) is 27.3 Å². The monoisotopic (exact) mass is 466 g/mol. The second kappa shape index (κ2) is 7.84. The van der Waals surface area contributed by atoms with Crippen LogP contribution in [-0.2, 0) is 6.18 Å². The molecule has 0 unspecified atom stereocenters. The summed E-state index contributed by atoms with van der Waals surface area (Å²) in [5.41, 5.74) is 2.22. The predicted octanol–water partition coefficient (Wildman–Crippen LogP) is 8.45. The van der Waals surface area contributed by atoms with Crippen LogP contribution in [0.25, 0.3) is 54.8 Å². The minimum Gasteiger partial charge on any atom is -0.422 e. The van der Waals surface area contributed by atoms with Gasteiger partial charge in [0.25, 0.3) is 0 Å². The quantitative estimate of drug-likeness (QED) is 0.146. The van der Waals surface area contributed by atoms with Gasteiger partial charge in [0, 0.05) is 21.9 Å². The molecular weight excluding hydrogens is 449 g/mol. The Morgan fingerprint density at radius 2 is 1.06 bits per heavy atom. The lowest BCUT2D eigenvalue weighted by atomic mass is 9.87. The lowest BCUT2D eigenvalue weighted by Gasteiger charge is -2.18. The fourth-order valence-electron chi connectivity index (χ4n) is 4.82. The molecule has 2 nitrogen and oxygen atoms in total. The first-order chi connectivity index (χ1) is 16.9. The number of alkyl halides is 3. The Balaban J connectivity index is 1.85. The van der Waals surface area contributed by atoms with Crippen molar-refractivity contribution in [1.29, 1.82) is 0 Å². The summed E-state index contributed by atoms with van der Waals surface area (Å²) in [5, 5.41) is 3.51. The van der Waals surface area contributed by atoms with Crippen LogP contribution in [0, 0.1) is 0 Å². The number of halogens is 3. The van der Waals surface area contributed by atoms with Gasteiger partial charge in [0.15, 0.2) is 0 Å². The molecule has 0 saturated carbocycles. The summed E-state index contributed by atoms with van der Waals surface area (Å²) in [4.78, 5) is 13.0. The maximum atomic E-state index is 13.3. The van der Waals surface area contributed by atoms with E-state index in [1.807, 2.05) is 66.7 Å². The average molecular weight is 466 g/mol. The third kappa shape index (κ3) is 3.39. The van der Waals surface area contributed by atoms with E-state index >= 15 is 0 Å². The summed E-state index contributed by atoms with van der Waals surface area (Å²) in [6.45, 7) is 0. The standard InChI is InChI=1S/C30H17F3O2/c31-30(32,33)20-16-14-19(15-17-20)25-21-10-4-5-11-22(21)26(18-8-2-1-3-9-18)28-27(25)23-12-6-7-13-24(23)29(34)35-28/h1-17H. The van der Waals surface area contributed by atoms with Gasteiger partial charge in [-0.05, 0) is 40.1 Å². The molecule has 0 saturated heterocycles. The molecule has 0 radical (unpaired) electrons. The Morgan fingerprint density at radius 3 is 1.69 bits per heavy atom. The molecule has 0 fully saturated rings. The number of fused-ring (bicyclic) bond motifs is 4. The SMILES string of the molecule is O=c1oc2c(-c3ccccc3)c3ccccc3c(-c3ccc(C(F)(F)F)cc3)c2c2ccccc12. The molecule has 0 aliphatic rings. The topological polar surface area (TPSA) is 30.2 Å². The van der Waals surface area contributed by atoms with Crippen LogP contribution in [0.1, 0.15) is 5.56 Å². The molecule has 6 aromatic rings. The van der Waals surface area contributed by atoms with E-state index in [2.05, 4.69) is 0 Å². The fraction of sp³-hybridized carbons (Fsp3) is 0.0333. The van der Waals surface area contributed by atoms with E-state index in [-0.39, 0.29) is 0 Å². The van der Waals surface area contributed by atoms with Gasteiger partial charge in [-0.2, -0.15) is 13.2 Å². The van der Waals surface area contributed by atoms with Gasteiger partial charge in [0.1, 0.15) is 5.58 Å². The molecule has 0 aliphatic heterocycles. The summed E-state index contributed by atoms with van der Waals surface area (Å²) in [6.07, 6.45) is -4.43. The maximum Gasteiger partial charge on any atom is 0.416 e. The molecule has 1 aromatic heterocycles. The average Bonchev–Trinajstić information content (AvgIpc) is 2.88. The molecule has 35 heavy (non-hydrogen) atoms. The van der Waals surface area contributed by atoms with E-state index in [4.69, 9.17) is 4.42 Å². The van der Waals surface area contributed by atoms with Crippen molar-refractivity contribution in [2.24, 2.45) is 0 Å². The molecule has 0 spiro atoms. The van der Waals surface area contributed by atoms with Crippen LogP contribution < -0.4 is 5.63 Å². The molecular formula is C30H17F3O2. The van der Waals surface area contributed by atoms with E-state index in [0.717, 1.165) is 39.6 Å². The first kappa shape index (κ1) is 21.2. The van der Waals surface area contributed by atoms with Crippen molar-refractivity contribution in [3.05, 3.63) is 119 Å². The third-order valence-electron chi connectivity index (χ3n) is 6.34. The summed E-state index contributed by atoms with van der Waals surface area (Å²) in [5.74, 6) is 0. The number of rotatable bonds is 2. The molecule has 5 aromatic carbocycles. The molecule has 0 amide bonds. The molecule has 0 aliphatic carbocycles. The molecule has 0 N–H and O–H groups in total. The van der Waals surface area contributed by atoms with E-state index in [1.54, 1.807) is 12.1 Å². The van der Waals surface area contributed by atoms with E-state index in [1.165, 1.54) is 12.1 Å². The van der Waals surface area contributed by atoms with Crippen LogP contribution >= 0.6 is 0 Å². The van der Waals surface area contributed by atoms with Crippen molar-refractivity contribution < 1.29 is 17.6 Å². The van der Waals surface area contributed by atoms with Crippen LogP contribution in [0.15, 0.2) is 112 Å². The molecule has 170 valence electrons. The largest absolute Gasteiger partial charge is 0.422 e. The molecule has 1 heterocycles. The zero-order valence-electron chi connectivity index (χ0n) is 18.3. The number of hydrogen-bond donors (Lipinski definition) is 0. The number of hydrogen-bond acceptors (Lipinski definition) is 2. The molecule has 6 rings (SSSR count). The van der Waals surface area contributed by atoms with Gasteiger partial charge in [-0.3, -0.25) is 0 Å². The van der Waals surface area contributed by atoms with Gasteiger partial charge in [-0.1, -0.05) is 84.9 Å². The highest BCUT2D eigenvalue weighted by atomic mass is 19.4.